The molecule has 1 heterocycles. The predicted octanol–water partition coefficient (Wildman–Crippen LogP) is 2.16. The Morgan fingerprint density at radius 1 is 1.59 bits per heavy atom. The van der Waals surface area contributed by atoms with Gasteiger partial charge in [0.15, 0.2) is 0 Å². The van der Waals surface area contributed by atoms with Crippen LogP contribution in [-0.2, 0) is 4.74 Å². The summed E-state index contributed by atoms with van der Waals surface area (Å²) < 4.78 is 8.31. The molecule has 0 aliphatic carbocycles. The van der Waals surface area contributed by atoms with Crippen LogP contribution < -0.4 is 11.3 Å². The van der Waals surface area contributed by atoms with E-state index in [4.69, 9.17) is 10.6 Å². The van der Waals surface area contributed by atoms with Gasteiger partial charge >= 0.3 is 0 Å². The van der Waals surface area contributed by atoms with Gasteiger partial charge in [-0.3, -0.25) is 16.0 Å². The van der Waals surface area contributed by atoms with Crippen molar-refractivity contribution in [2.24, 2.45) is 5.84 Å². The molecule has 0 fully saturated rings. The summed E-state index contributed by atoms with van der Waals surface area (Å²) in [6.45, 7) is 7.58. The third kappa shape index (κ3) is 3.77. The Kier molecular flexibility index (Phi) is 6.11. The molecule has 1 atom stereocenters. The van der Waals surface area contributed by atoms with Gasteiger partial charge in [0.05, 0.1) is 22.4 Å². The van der Waals surface area contributed by atoms with Crippen LogP contribution in [0.2, 0.25) is 0 Å². The van der Waals surface area contributed by atoms with Crippen molar-refractivity contribution in [3.63, 3.8) is 0 Å². The summed E-state index contributed by atoms with van der Waals surface area (Å²) in [5, 5.41) is 4.35. The fourth-order valence-corrected chi connectivity index (χ4v) is 2.28. The van der Waals surface area contributed by atoms with Gasteiger partial charge in [0.2, 0.25) is 0 Å². The number of nitrogens with two attached hydrogens (primary N) is 1. The van der Waals surface area contributed by atoms with E-state index in [0.717, 1.165) is 23.2 Å². The zero-order valence-corrected chi connectivity index (χ0v) is 12.2. The average Bonchev–Trinajstić information content (AvgIpc) is 2.67. The molecule has 1 aromatic rings. The average molecular weight is 305 g/mol. The van der Waals surface area contributed by atoms with E-state index >= 15 is 0 Å². The van der Waals surface area contributed by atoms with Gasteiger partial charge in [0.25, 0.3) is 0 Å². The molecule has 6 heteroatoms. The Bertz CT molecular complexity index is 340. The minimum absolute atomic E-state index is 0.0424. The van der Waals surface area contributed by atoms with Crippen molar-refractivity contribution in [1.29, 1.82) is 0 Å². The highest BCUT2D eigenvalue weighted by Gasteiger charge is 2.20. The van der Waals surface area contributed by atoms with Crippen molar-refractivity contribution in [1.82, 2.24) is 15.2 Å². The van der Waals surface area contributed by atoms with Gasteiger partial charge in [-0.05, 0) is 43.1 Å². The van der Waals surface area contributed by atoms with Crippen LogP contribution in [0.15, 0.2) is 10.7 Å². The lowest BCUT2D eigenvalue weighted by molar-refractivity contribution is 0.135. The van der Waals surface area contributed by atoms with Crippen molar-refractivity contribution in [2.75, 3.05) is 13.2 Å². The van der Waals surface area contributed by atoms with Gasteiger partial charge < -0.3 is 4.74 Å². The van der Waals surface area contributed by atoms with E-state index < -0.39 is 0 Å². The summed E-state index contributed by atoms with van der Waals surface area (Å²) in [4.78, 5) is 0. The Hall–Kier alpha value is -0.430. The van der Waals surface area contributed by atoms with Crippen LogP contribution in [0.5, 0.6) is 0 Å². The summed E-state index contributed by atoms with van der Waals surface area (Å²) >= 11 is 3.52. The normalized spacial score (nSPS) is 13.3. The molecule has 0 amide bonds. The van der Waals surface area contributed by atoms with Gasteiger partial charge in [-0.15, -0.1) is 0 Å². The van der Waals surface area contributed by atoms with Gasteiger partial charge in [0, 0.05) is 19.3 Å². The van der Waals surface area contributed by atoms with E-state index in [-0.39, 0.29) is 6.04 Å². The Balaban J connectivity index is 2.82. The number of rotatable bonds is 7. The molecule has 0 aliphatic rings. The van der Waals surface area contributed by atoms with Gasteiger partial charge in [-0.2, -0.15) is 5.10 Å². The molecule has 1 rings (SSSR count). The molecule has 0 saturated carbocycles. The number of hydrogen-bond donors (Lipinski definition) is 2. The lowest BCUT2D eigenvalue weighted by Crippen LogP contribution is -2.31. The number of nitrogens with one attached hydrogen (secondary N) is 1. The van der Waals surface area contributed by atoms with Crippen LogP contribution in [0.3, 0.4) is 0 Å². The van der Waals surface area contributed by atoms with E-state index in [9.17, 15) is 0 Å². The van der Waals surface area contributed by atoms with Crippen molar-refractivity contribution < 1.29 is 4.74 Å². The molecule has 1 unspecified atom stereocenters. The van der Waals surface area contributed by atoms with Crippen molar-refractivity contribution in [2.45, 2.75) is 39.3 Å². The lowest BCUT2D eigenvalue weighted by atomic mass is 10.1. The fourth-order valence-electron chi connectivity index (χ4n) is 1.73. The quantitative estimate of drug-likeness (QED) is 0.460. The van der Waals surface area contributed by atoms with Crippen molar-refractivity contribution in [3.8, 4) is 0 Å². The first-order chi connectivity index (χ1) is 8.11. The van der Waals surface area contributed by atoms with Gasteiger partial charge in [0.1, 0.15) is 0 Å². The number of hydrazine groups is 1. The van der Waals surface area contributed by atoms with E-state index in [1.54, 1.807) is 6.20 Å². The first-order valence-electron chi connectivity index (χ1n) is 5.88. The number of aromatic nitrogens is 2. The number of halogens is 1. The maximum Gasteiger partial charge on any atom is 0.0713 e. The summed E-state index contributed by atoms with van der Waals surface area (Å²) in [7, 11) is 0. The maximum absolute atomic E-state index is 5.62. The number of hydrogen-bond acceptors (Lipinski definition) is 4. The number of nitrogens with zero attached hydrogens (tertiary/aromatic N) is 2. The molecule has 0 aromatic carbocycles. The topological polar surface area (TPSA) is 65.1 Å². The summed E-state index contributed by atoms with van der Waals surface area (Å²) in [6.07, 6.45) is 2.63. The molecule has 0 bridgehead atoms. The molecule has 1 aromatic heterocycles. The minimum Gasteiger partial charge on any atom is -0.382 e. The summed E-state index contributed by atoms with van der Waals surface area (Å²) in [5.41, 5.74) is 3.90. The molecular formula is C11H21BrN4O. The molecular weight excluding hydrogens is 284 g/mol. The molecule has 0 spiro atoms. The second-order valence-electron chi connectivity index (χ2n) is 4.12. The van der Waals surface area contributed by atoms with Crippen LogP contribution in [0.25, 0.3) is 0 Å². The standard InChI is InChI=1S/C11H21BrN4O/c1-4-17-6-5-10(15-13)11-9(12)7-14-16(11)8(2)3/h7-8,10,15H,4-6,13H2,1-3H3. The van der Waals surface area contributed by atoms with Crippen LogP contribution in [-0.4, -0.2) is 23.0 Å². The van der Waals surface area contributed by atoms with E-state index in [2.05, 4.69) is 40.3 Å². The highest BCUT2D eigenvalue weighted by Crippen LogP contribution is 2.27. The van der Waals surface area contributed by atoms with E-state index in [1.807, 2.05) is 11.6 Å². The Morgan fingerprint density at radius 2 is 2.29 bits per heavy atom. The second-order valence-corrected chi connectivity index (χ2v) is 4.98. The molecule has 17 heavy (non-hydrogen) atoms. The van der Waals surface area contributed by atoms with Crippen LogP contribution in [0.4, 0.5) is 0 Å². The molecule has 5 nitrogen and oxygen atoms in total. The number of ether oxygens (including phenoxy) is 1. The first kappa shape index (κ1) is 14.6. The fraction of sp³-hybridized carbons (Fsp3) is 0.727. The SMILES string of the molecule is CCOCCC(NN)c1c(Br)cnn1C(C)C. The minimum atomic E-state index is 0.0424. The van der Waals surface area contributed by atoms with Crippen LogP contribution in [0.1, 0.15) is 45.0 Å². The van der Waals surface area contributed by atoms with E-state index in [0.29, 0.717) is 12.6 Å². The maximum atomic E-state index is 5.62. The summed E-state index contributed by atoms with van der Waals surface area (Å²) in [5.74, 6) is 5.62. The molecule has 0 saturated heterocycles. The van der Waals surface area contributed by atoms with Crippen LogP contribution in [0, 0.1) is 0 Å². The molecule has 3 N–H and O–H groups in total. The second kappa shape index (κ2) is 7.10. The third-order valence-electron chi connectivity index (χ3n) is 2.56. The zero-order chi connectivity index (χ0) is 12.8. The monoisotopic (exact) mass is 304 g/mol. The molecule has 98 valence electrons. The van der Waals surface area contributed by atoms with Crippen molar-refractivity contribution in [3.05, 3.63) is 16.4 Å². The Labute approximate surface area is 111 Å². The van der Waals surface area contributed by atoms with E-state index in [1.165, 1.54) is 0 Å². The van der Waals surface area contributed by atoms with Crippen molar-refractivity contribution >= 4 is 15.9 Å². The first-order valence-corrected chi connectivity index (χ1v) is 6.67. The smallest absolute Gasteiger partial charge is 0.0713 e. The Morgan fingerprint density at radius 3 is 2.82 bits per heavy atom. The lowest BCUT2D eigenvalue weighted by Gasteiger charge is -2.20. The van der Waals surface area contributed by atoms with Crippen LogP contribution >= 0.6 is 15.9 Å². The van der Waals surface area contributed by atoms with Gasteiger partial charge in [-0.25, -0.2) is 0 Å². The summed E-state index contributed by atoms with van der Waals surface area (Å²) in [6, 6.07) is 0.347. The molecule has 0 aliphatic heterocycles. The third-order valence-corrected chi connectivity index (χ3v) is 3.17. The van der Waals surface area contributed by atoms with Gasteiger partial charge in [-0.1, -0.05) is 0 Å². The highest BCUT2D eigenvalue weighted by molar-refractivity contribution is 9.10. The molecule has 0 radical (unpaired) electrons. The highest BCUT2D eigenvalue weighted by atomic mass is 79.9. The zero-order valence-electron chi connectivity index (χ0n) is 10.6. The largest absolute Gasteiger partial charge is 0.382 e. The predicted molar refractivity (Wildman–Crippen MR) is 71.5 cm³/mol.